The van der Waals surface area contributed by atoms with Crippen LogP contribution >= 0.6 is 0 Å². The Bertz CT molecular complexity index is 622. The molecule has 0 saturated heterocycles. The van der Waals surface area contributed by atoms with Crippen molar-refractivity contribution in [2.75, 3.05) is 0 Å². The third kappa shape index (κ3) is 3.25. The van der Waals surface area contributed by atoms with Gasteiger partial charge in [0.2, 0.25) is 0 Å². The summed E-state index contributed by atoms with van der Waals surface area (Å²) in [5.74, 6) is 0. The monoisotopic (exact) mass is 372 g/mol. The van der Waals surface area contributed by atoms with Crippen molar-refractivity contribution in [2.24, 2.45) is 0 Å². The first kappa shape index (κ1) is 16.1. The summed E-state index contributed by atoms with van der Waals surface area (Å²) in [5.41, 5.74) is 6.26. The van der Waals surface area contributed by atoms with E-state index in [1.807, 2.05) is 3.78 Å². The summed E-state index contributed by atoms with van der Waals surface area (Å²) in [6.07, 6.45) is 6.75. The fourth-order valence-electron chi connectivity index (χ4n) is 3.49. The standard InChI is InChI=1S/C13H9.2C4H9.Nb/c1-3-7-12-10(5-1)9-11-6-2-4-8-13(11)12;2*1-3-4-2;/h1-5,7-8H,9H2;2*1,3-4H2,2H3;. The SMILES string of the molecule is CCC[CH2][Nb]([CH2]CCC)[c]1cccc2c1Cc1ccccc1-2. The van der Waals surface area contributed by atoms with Gasteiger partial charge in [0.15, 0.2) is 0 Å². The van der Waals surface area contributed by atoms with Crippen molar-refractivity contribution in [2.45, 2.75) is 55.2 Å². The Labute approximate surface area is 142 Å². The molecule has 0 aromatic heterocycles. The van der Waals surface area contributed by atoms with Crippen LogP contribution < -0.4 is 3.78 Å². The number of hydrogen-bond donors (Lipinski definition) is 0. The topological polar surface area (TPSA) is 0 Å². The molecule has 0 N–H and O–H groups in total. The zero-order valence-corrected chi connectivity index (χ0v) is 16.1. The molecule has 0 radical (unpaired) electrons. The van der Waals surface area contributed by atoms with Gasteiger partial charge in [0.25, 0.3) is 0 Å². The molecule has 1 heteroatoms. The maximum absolute atomic E-state index is 2.48. The Morgan fingerprint density at radius 2 is 1.50 bits per heavy atom. The second-order valence-electron chi connectivity index (χ2n) is 6.33. The molecule has 0 bridgehead atoms. The molecule has 0 atom stereocenters. The van der Waals surface area contributed by atoms with Crippen molar-refractivity contribution in [1.29, 1.82) is 0 Å². The van der Waals surface area contributed by atoms with Gasteiger partial charge < -0.3 is 0 Å². The van der Waals surface area contributed by atoms with Gasteiger partial charge in [-0.05, 0) is 0 Å². The van der Waals surface area contributed by atoms with Crippen LogP contribution in [0.4, 0.5) is 0 Å². The van der Waals surface area contributed by atoms with Crippen LogP contribution in [-0.2, 0) is 24.9 Å². The third-order valence-corrected chi connectivity index (χ3v) is 11.6. The number of unbranched alkanes of at least 4 members (excludes halogenated alkanes) is 2. The Morgan fingerprint density at radius 1 is 0.818 bits per heavy atom. The molecule has 1 aliphatic carbocycles. The summed E-state index contributed by atoms with van der Waals surface area (Å²) in [5, 5.41) is 0. The van der Waals surface area contributed by atoms with Crippen LogP contribution in [0.5, 0.6) is 0 Å². The first-order valence-corrected chi connectivity index (χ1v) is 13.0. The molecule has 22 heavy (non-hydrogen) atoms. The quantitative estimate of drug-likeness (QED) is 0.451. The molecule has 116 valence electrons. The molecule has 0 fully saturated rings. The van der Waals surface area contributed by atoms with E-state index in [2.05, 4.69) is 56.3 Å². The predicted molar refractivity (Wildman–Crippen MR) is 93.7 cm³/mol. The summed E-state index contributed by atoms with van der Waals surface area (Å²) in [6, 6.07) is 16.2. The summed E-state index contributed by atoms with van der Waals surface area (Å²) in [7, 11) is 0. The summed E-state index contributed by atoms with van der Waals surface area (Å²) in [6.45, 7) is 4.67. The van der Waals surface area contributed by atoms with Crippen molar-refractivity contribution in [3.05, 3.63) is 53.6 Å². The van der Waals surface area contributed by atoms with E-state index in [1.165, 1.54) is 58.1 Å². The van der Waals surface area contributed by atoms with E-state index in [0.29, 0.717) is 0 Å². The van der Waals surface area contributed by atoms with Gasteiger partial charge in [-0.1, -0.05) is 0 Å². The van der Waals surface area contributed by atoms with Gasteiger partial charge in [0.1, 0.15) is 0 Å². The minimum atomic E-state index is -1.30. The van der Waals surface area contributed by atoms with E-state index in [4.69, 9.17) is 0 Å². The van der Waals surface area contributed by atoms with E-state index in [0.717, 1.165) is 0 Å². The van der Waals surface area contributed by atoms with Crippen LogP contribution in [-0.4, -0.2) is 0 Å². The average molecular weight is 372 g/mol. The molecule has 0 unspecified atom stereocenters. The van der Waals surface area contributed by atoms with Crippen molar-refractivity contribution in [3.63, 3.8) is 0 Å². The number of benzene rings is 2. The van der Waals surface area contributed by atoms with Crippen LogP contribution in [0.2, 0.25) is 9.28 Å². The zero-order valence-electron chi connectivity index (χ0n) is 13.9. The van der Waals surface area contributed by atoms with E-state index < -0.39 is 18.4 Å². The molecule has 0 aliphatic heterocycles. The van der Waals surface area contributed by atoms with E-state index in [9.17, 15) is 0 Å². The maximum atomic E-state index is 2.48. The zero-order chi connectivity index (χ0) is 15.4. The first-order chi connectivity index (χ1) is 10.8. The molecular weight excluding hydrogens is 345 g/mol. The molecule has 0 spiro atoms. The molecule has 0 heterocycles. The van der Waals surface area contributed by atoms with Crippen molar-refractivity contribution in [1.82, 2.24) is 0 Å². The van der Waals surface area contributed by atoms with Crippen LogP contribution in [0.25, 0.3) is 11.1 Å². The van der Waals surface area contributed by atoms with Crippen LogP contribution in [0.15, 0.2) is 42.5 Å². The second-order valence-corrected chi connectivity index (χ2v) is 12.4. The number of fused-ring (bicyclic) bond motifs is 3. The van der Waals surface area contributed by atoms with Crippen molar-refractivity contribution in [3.8, 4) is 11.1 Å². The van der Waals surface area contributed by atoms with Crippen LogP contribution in [0, 0.1) is 0 Å². The van der Waals surface area contributed by atoms with Crippen molar-refractivity contribution >= 4 is 3.78 Å². The second kappa shape index (κ2) is 7.64. The number of rotatable bonds is 7. The van der Waals surface area contributed by atoms with Gasteiger partial charge in [-0.3, -0.25) is 0 Å². The van der Waals surface area contributed by atoms with Crippen LogP contribution in [0.3, 0.4) is 0 Å². The molecular formula is C21H27Nb. The molecule has 2 aromatic rings. The normalized spacial score (nSPS) is 12.5. The van der Waals surface area contributed by atoms with E-state index >= 15 is 0 Å². The summed E-state index contributed by atoms with van der Waals surface area (Å²) in [4.78, 5) is 0. The van der Waals surface area contributed by atoms with Gasteiger partial charge >= 0.3 is 142 Å². The van der Waals surface area contributed by atoms with Gasteiger partial charge in [-0.15, -0.1) is 0 Å². The van der Waals surface area contributed by atoms with Crippen LogP contribution in [0.1, 0.15) is 50.7 Å². The molecule has 3 rings (SSSR count). The fraction of sp³-hybridized carbons (Fsp3) is 0.429. The molecule has 0 amide bonds. The Kier molecular flexibility index (Phi) is 5.57. The number of hydrogen-bond acceptors (Lipinski definition) is 0. The molecule has 2 aromatic carbocycles. The van der Waals surface area contributed by atoms with E-state index in [-0.39, 0.29) is 0 Å². The third-order valence-electron chi connectivity index (χ3n) is 4.73. The van der Waals surface area contributed by atoms with E-state index in [1.54, 1.807) is 5.56 Å². The van der Waals surface area contributed by atoms with Gasteiger partial charge in [-0.25, -0.2) is 0 Å². The minimum absolute atomic E-state index is 1.18. The molecule has 0 nitrogen and oxygen atoms in total. The van der Waals surface area contributed by atoms with Crippen molar-refractivity contribution < 1.29 is 18.4 Å². The Morgan fingerprint density at radius 3 is 2.23 bits per heavy atom. The molecule has 1 aliphatic rings. The average Bonchev–Trinajstić information content (AvgIpc) is 2.94. The summed E-state index contributed by atoms with van der Waals surface area (Å²) >= 11 is -1.30. The Hall–Kier alpha value is -0.820. The van der Waals surface area contributed by atoms with Gasteiger partial charge in [0.05, 0.1) is 0 Å². The van der Waals surface area contributed by atoms with Gasteiger partial charge in [0, 0.05) is 0 Å². The Balaban J connectivity index is 1.94. The molecule has 0 saturated carbocycles. The van der Waals surface area contributed by atoms with Gasteiger partial charge in [-0.2, -0.15) is 0 Å². The predicted octanol–water partition coefficient (Wildman–Crippen LogP) is 5.94. The summed E-state index contributed by atoms with van der Waals surface area (Å²) < 4.78 is 4.89. The fourth-order valence-corrected chi connectivity index (χ4v) is 10.8. The first-order valence-electron chi connectivity index (χ1n) is 8.80.